The van der Waals surface area contributed by atoms with Gasteiger partial charge in [0.2, 0.25) is 0 Å². The lowest BCUT2D eigenvalue weighted by molar-refractivity contribution is -0.244. The molecule has 0 unspecified atom stereocenters. The average Bonchev–Trinajstić information content (AvgIpc) is 3.51. The minimum Gasteiger partial charge on any atom is -0.407 e. The Bertz CT molecular complexity index is 1480. The van der Waals surface area contributed by atoms with E-state index < -0.39 is 8.32 Å². The Morgan fingerprint density at radius 1 is 0.771 bits per heavy atom. The monoisotopic (exact) mass is 663 g/mol. The van der Waals surface area contributed by atoms with Gasteiger partial charge in [-0.3, -0.25) is 4.84 Å². The fourth-order valence-electron chi connectivity index (χ4n) is 8.05. The zero-order valence-electron chi connectivity index (χ0n) is 29.1. The normalized spacial score (nSPS) is 21.6. The highest BCUT2D eigenvalue weighted by Gasteiger charge is 2.52. The maximum atomic E-state index is 7.24. The zero-order valence-corrected chi connectivity index (χ0v) is 30.1. The van der Waals surface area contributed by atoms with E-state index in [9.17, 15) is 0 Å². The summed E-state index contributed by atoms with van der Waals surface area (Å²) in [6, 6.07) is 43.2. The molecule has 4 aromatic carbocycles. The highest BCUT2D eigenvalue weighted by molar-refractivity contribution is 6.99. The van der Waals surface area contributed by atoms with Gasteiger partial charge in [0.25, 0.3) is 8.32 Å². The molecule has 2 fully saturated rings. The Balaban J connectivity index is 1.12. The molecule has 0 aliphatic carbocycles. The summed E-state index contributed by atoms with van der Waals surface area (Å²) in [5.41, 5.74) is 2.41. The van der Waals surface area contributed by atoms with Gasteiger partial charge in [-0.15, -0.1) is 0 Å². The van der Waals surface area contributed by atoms with Crippen molar-refractivity contribution in [3.8, 4) is 0 Å². The quantitative estimate of drug-likeness (QED) is 0.0724. The van der Waals surface area contributed by atoms with Crippen LogP contribution in [0.1, 0.15) is 82.9 Å². The minimum absolute atomic E-state index is 0.00488. The number of piperidine rings is 1. The van der Waals surface area contributed by atoms with Crippen molar-refractivity contribution in [1.29, 1.82) is 0 Å². The lowest BCUT2D eigenvalue weighted by Crippen LogP contribution is -2.66. The number of ether oxygens (including phenoxy) is 2. The van der Waals surface area contributed by atoms with Gasteiger partial charge in [0.15, 0.2) is 0 Å². The van der Waals surface area contributed by atoms with Crippen LogP contribution in [-0.2, 0) is 25.3 Å². The topological polar surface area (TPSA) is 40.2 Å². The maximum Gasteiger partial charge on any atom is 0.261 e. The fourth-order valence-corrected chi connectivity index (χ4v) is 12.7. The first kappa shape index (κ1) is 34.7. The van der Waals surface area contributed by atoms with Crippen LogP contribution in [0.3, 0.4) is 0 Å². The molecule has 2 aliphatic rings. The predicted molar refractivity (Wildman–Crippen MR) is 197 cm³/mol. The van der Waals surface area contributed by atoms with Gasteiger partial charge in [0.05, 0.1) is 19.3 Å². The Morgan fingerprint density at radius 3 is 2.00 bits per heavy atom. The molecule has 3 atom stereocenters. The van der Waals surface area contributed by atoms with E-state index in [1.165, 1.54) is 22.4 Å². The number of hydroxylamine groups is 2. The number of benzene rings is 4. The van der Waals surface area contributed by atoms with Crippen LogP contribution in [0.4, 0.5) is 0 Å². The highest BCUT2D eigenvalue weighted by atomic mass is 28.4. The van der Waals surface area contributed by atoms with Crippen molar-refractivity contribution < 1.29 is 18.7 Å². The molecule has 0 spiro atoms. The summed E-state index contributed by atoms with van der Waals surface area (Å²) >= 11 is 0. The van der Waals surface area contributed by atoms with Gasteiger partial charge in [-0.2, -0.15) is 5.06 Å². The summed E-state index contributed by atoms with van der Waals surface area (Å²) in [4.78, 5) is 6.85. The second-order valence-corrected chi connectivity index (χ2v) is 18.9. The molecule has 4 aromatic rings. The lowest BCUT2D eigenvalue weighted by atomic mass is 9.78. The van der Waals surface area contributed by atoms with Crippen LogP contribution < -0.4 is 10.4 Å². The van der Waals surface area contributed by atoms with Crippen molar-refractivity contribution in [2.75, 3.05) is 20.0 Å². The molecule has 0 radical (unpaired) electrons. The van der Waals surface area contributed by atoms with E-state index in [-0.39, 0.29) is 29.5 Å². The molecular weight excluding hydrogens is 611 g/mol. The summed E-state index contributed by atoms with van der Waals surface area (Å²) in [7, 11) is -2.54. The highest BCUT2D eigenvalue weighted by Crippen LogP contribution is 2.50. The Labute approximate surface area is 289 Å². The number of fused-ring (bicyclic) bond motifs is 1. The van der Waals surface area contributed by atoms with Crippen LogP contribution in [0, 0.1) is 0 Å². The third-order valence-electron chi connectivity index (χ3n) is 10.3. The lowest BCUT2D eigenvalue weighted by Gasteiger charge is -2.45. The standard InChI is InChI=1S/C42H53NO4Si/c1-41(2,3)48(38-24-12-6-13-25-38,39-26-14-7-15-27-39)46-30-17-16-28-42-29-18-23-37(33-45-34-44-32-35-19-8-4-9-20-35)43(42)47-40(31-42)36-21-10-5-11-22-36/h4-15,19-22,24-27,37,40H,16-18,23,28-34H2,1-3H3/t37-,40+,42-/m1/s1. The molecule has 0 bridgehead atoms. The predicted octanol–water partition coefficient (Wildman–Crippen LogP) is 8.59. The van der Waals surface area contributed by atoms with Gasteiger partial charge in [-0.1, -0.05) is 142 Å². The molecule has 0 saturated carbocycles. The molecule has 0 amide bonds. The zero-order chi connectivity index (χ0) is 33.3. The molecule has 6 rings (SSSR count). The van der Waals surface area contributed by atoms with Crippen molar-refractivity contribution in [3.63, 3.8) is 0 Å². The first-order valence-corrected chi connectivity index (χ1v) is 19.8. The molecule has 0 aromatic heterocycles. The molecule has 6 heteroatoms. The summed E-state index contributed by atoms with van der Waals surface area (Å²) in [6.45, 7) is 9.26. The van der Waals surface area contributed by atoms with Crippen LogP contribution in [0.2, 0.25) is 5.04 Å². The molecule has 2 saturated heterocycles. The molecule has 5 nitrogen and oxygen atoms in total. The van der Waals surface area contributed by atoms with Crippen molar-refractivity contribution in [3.05, 3.63) is 132 Å². The first-order valence-electron chi connectivity index (χ1n) is 17.9. The summed E-state index contributed by atoms with van der Waals surface area (Å²) in [5, 5.41) is 5.01. The number of nitrogens with zero attached hydrogens (tertiary/aromatic N) is 1. The van der Waals surface area contributed by atoms with Crippen molar-refractivity contribution in [2.45, 2.75) is 95.0 Å². The van der Waals surface area contributed by atoms with E-state index in [1.807, 2.05) is 18.2 Å². The van der Waals surface area contributed by atoms with Gasteiger partial charge in [0, 0.05) is 18.6 Å². The van der Waals surface area contributed by atoms with Gasteiger partial charge in [-0.05, 0) is 65.1 Å². The Hall–Kier alpha value is -3.10. The summed E-state index contributed by atoms with van der Waals surface area (Å²) in [5.74, 6) is 0. The van der Waals surface area contributed by atoms with E-state index in [1.54, 1.807) is 0 Å². The number of unbranched alkanes of at least 4 members (excludes halogenated alkanes) is 1. The number of hydrogen-bond donors (Lipinski definition) is 0. The van der Waals surface area contributed by atoms with Crippen LogP contribution in [0.25, 0.3) is 0 Å². The summed E-state index contributed by atoms with van der Waals surface area (Å²) < 4.78 is 19.2. The molecule has 0 N–H and O–H groups in total. The van der Waals surface area contributed by atoms with Gasteiger partial charge >= 0.3 is 0 Å². The second kappa shape index (κ2) is 16.1. The second-order valence-electron chi connectivity index (χ2n) is 14.6. The molecule has 2 heterocycles. The van der Waals surface area contributed by atoms with Crippen molar-refractivity contribution in [1.82, 2.24) is 5.06 Å². The largest absolute Gasteiger partial charge is 0.407 e. The van der Waals surface area contributed by atoms with Crippen LogP contribution in [0.5, 0.6) is 0 Å². The van der Waals surface area contributed by atoms with Gasteiger partial charge in [-0.25, -0.2) is 0 Å². The minimum atomic E-state index is -2.54. The van der Waals surface area contributed by atoms with E-state index in [4.69, 9.17) is 18.7 Å². The van der Waals surface area contributed by atoms with Crippen LogP contribution in [-0.4, -0.2) is 45.0 Å². The molecule has 254 valence electrons. The smallest absolute Gasteiger partial charge is 0.261 e. The SMILES string of the molecule is CC(C)(C)[Si](OCCCC[C@]12CCC[C@H](COCOCc3ccccc3)N1O[C@H](c1ccccc1)C2)(c1ccccc1)c1ccccc1. The van der Waals surface area contributed by atoms with Gasteiger partial charge < -0.3 is 13.9 Å². The third kappa shape index (κ3) is 7.86. The molecule has 2 aliphatic heterocycles. The van der Waals surface area contributed by atoms with E-state index >= 15 is 0 Å². The van der Waals surface area contributed by atoms with Crippen LogP contribution in [0.15, 0.2) is 121 Å². The fraction of sp³-hybridized carbons (Fsp3) is 0.429. The number of rotatable bonds is 15. The van der Waals surface area contributed by atoms with Crippen molar-refractivity contribution >= 4 is 18.7 Å². The molecule has 48 heavy (non-hydrogen) atoms. The van der Waals surface area contributed by atoms with E-state index in [0.29, 0.717) is 13.2 Å². The van der Waals surface area contributed by atoms with Crippen LogP contribution >= 0.6 is 0 Å². The van der Waals surface area contributed by atoms with Crippen molar-refractivity contribution in [2.24, 2.45) is 0 Å². The maximum absolute atomic E-state index is 7.24. The Kier molecular flexibility index (Phi) is 11.6. The van der Waals surface area contributed by atoms with Gasteiger partial charge in [0.1, 0.15) is 12.9 Å². The third-order valence-corrected chi connectivity index (χ3v) is 15.4. The van der Waals surface area contributed by atoms with E-state index in [2.05, 4.69) is 129 Å². The first-order chi connectivity index (χ1) is 23.4. The summed E-state index contributed by atoms with van der Waals surface area (Å²) in [6.07, 6.45) is 7.66. The Morgan fingerprint density at radius 2 is 1.38 bits per heavy atom. The van der Waals surface area contributed by atoms with E-state index in [0.717, 1.165) is 50.7 Å². The number of hydrogen-bond acceptors (Lipinski definition) is 5. The average molecular weight is 664 g/mol. The molecular formula is C42H53NO4Si.